The fourth-order valence-corrected chi connectivity index (χ4v) is 3.42. The van der Waals surface area contributed by atoms with Crippen molar-refractivity contribution in [3.63, 3.8) is 0 Å². The highest BCUT2D eigenvalue weighted by molar-refractivity contribution is 6.31. The van der Waals surface area contributed by atoms with Crippen LogP contribution < -0.4 is 4.90 Å². The predicted molar refractivity (Wildman–Crippen MR) is 96.6 cm³/mol. The Morgan fingerprint density at radius 3 is 2.67 bits per heavy atom. The van der Waals surface area contributed by atoms with Crippen molar-refractivity contribution in [1.82, 2.24) is 0 Å². The van der Waals surface area contributed by atoms with Crippen LogP contribution in [0.2, 0.25) is 5.02 Å². The van der Waals surface area contributed by atoms with Crippen LogP contribution in [0.1, 0.15) is 18.4 Å². The number of benzene rings is 2. The lowest BCUT2D eigenvalue weighted by Crippen LogP contribution is -2.40. The first-order chi connectivity index (χ1) is 12.9. The highest BCUT2D eigenvalue weighted by atomic mass is 35.5. The summed E-state index contributed by atoms with van der Waals surface area (Å²) in [6.45, 7) is 0. The summed E-state index contributed by atoms with van der Waals surface area (Å²) in [7, 11) is 0. The van der Waals surface area contributed by atoms with E-state index in [1.165, 1.54) is 24.3 Å². The van der Waals surface area contributed by atoms with Crippen LogP contribution in [0.3, 0.4) is 0 Å². The zero-order valence-electron chi connectivity index (χ0n) is 13.8. The van der Waals surface area contributed by atoms with E-state index in [4.69, 9.17) is 16.4 Å². The number of rotatable bonds is 3. The maximum atomic E-state index is 13.0. The molecule has 2 aromatic carbocycles. The molecule has 27 heavy (non-hydrogen) atoms. The van der Waals surface area contributed by atoms with Crippen LogP contribution in [-0.4, -0.2) is 28.1 Å². The van der Waals surface area contributed by atoms with Crippen molar-refractivity contribution < 1.29 is 19.3 Å². The summed E-state index contributed by atoms with van der Waals surface area (Å²) in [5.41, 5.74) is -0.304. The molecule has 0 aliphatic carbocycles. The first-order valence-electron chi connectivity index (χ1n) is 8.02. The minimum Gasteiger partial charge on any atom is -0.378 e. The summed E-state index contributed by atoms with van der Waals surface area (Å²) in [6.07, 6.45) is -0.115. The molecule has 0 aromatic heterocycles. The molecular weight excluding hydrogens is 374 g/mol. The first-order valence-corrected chi connectivity index (χ1v) is 8.40. The number of carbonyl (C=O) groups excluding carboxylic acids is 2. The van der Waals surface area contributed by atoms with E-state index in [0.29, 0.717) is 22.0 Å². The van der Waals surface area contributed by atoms with E-state index in [-0.39, 0.29) is 18.5 Å². The molecule has 2 heterocycles. The Kier molecular flexibility index (Phi) is 3.92. The summed E-state index contributed by atoms with van der Waals surface area (Å²) in [5, 5.41) is 15.3. The summed E-state index contributed by atoms with van der Waals surface area (Å²) >= 11 is 5.96. The molecule has 1 fully saturated rings. The third-order valence-electron chi connectivity index (χ3n) is 4.52. The minimum absolute atomic E-state index is 0.0514. The predicted octanol–water partition coefficient (Wildman–Crippen LogP) is 3.07. The Bertz CT molecular complexity index is 1020. The number of amides is 2. The van der Waals surface area contributed by atoms with Gasteiger partial charge in [0.05, 0.1) is 22.7 Å². The van der Waals surface area contributed by atoms with E-state index < -0.39 is 22.3 Å². The number of hydrogen-bond donors (Lipinski definition) is 0. The maximum absolute atomic E-state index is 13.0. The second-order valence-electron chi connectivity index (χ2n) is 6.30. The lowest BCUT2D eigenvalue weighted by molar-refractivity contribution is -0.384. The molecule has 4 rings (SSSR count). The summed E-state index contributed by atoms with van der Waals surface area (Å²) in [4.78, 5) is 42.3. The molecule has 0 N–H and O–H groups in total. The number of halogens is 1. The van der Waals surface area contributed by atoms with Gasteiger partial charge in [0, 0.05) is 29.1 Å². The lowest BCUT2D eigenvalue weighted by Gasteiger charge is -2.19. The highest BCUT2D eigenvalue weighted by Gasteiger charge is 2.58. The molecule has 0 saturated carbocycles. The summed E-state index contributed by atoms with van der Waals surface area (Å²) in [6, 6.07) is 12.3. The van der Waals surface area contributed by atoms with Crippen molar-refractivity contribution >= 4 is 40.5 Å². The number of imide groups is 1. The van der Waals surface area contributed by atoms with Gasteiger partial charge in [-0.1, -0.05) is 35.0 Å². The fraction of sp³-hybridized carbons (Fsp3) is 0.167. The number of anilines is 1. The zero-order chi connectivity index (χ0) is 19.2. The Balaban J connectivity index is 1.62. The Morgan fingerprint density at radius 2 is 1.93 bits per heavy atom. The SMILES string of the molecule is O=C1CC2(CC(c3cccc([N+](=O)[O-])c3)=NO2)C(=O)N1c1cccc(Cl)c1. The van der Waals surface area contributed by atoms with E-state index in [1.807, 2.05) is 0 Å². The summed E-state index contributed by atoms with van der Waals surface area (Å²) < 4.78 is 0. The Hall–Kier alpha value is -3.26. The van der Waals surface area contributed by atoms with Crippen LogP contribution in [0.25, 0.3) is 0 Å². The van der Waals surface area contributed by atoms with Crippen molar-refractivity contribution in [3.05, 3.63) is 69.2 Å². The van der Waals surface area contributed by atoms with Crippen molar-refractivity contribution in [2.45, 2.75) is 18.4 Å². The molecule has 0 radical (unpaired) electrons. The number of nitro benzene ring substituents is 1. The minimum atomic E-state index is -1.43. The quantitative estimate of drug-likeness (QED) is 0.459. The molecule has 2 aliphatic rings. The zero-order valence-corrected chi connectivity index (χ0v) is 14.5. The standard InChI is InChI=1S/C18H12ClN3O5/c19-12-4-2-5-13(8-12)21-16(23)10-18(17(21)24)9-15(20-27-18)11-3-1-6-14(7-11)22(25)26/h1-8H,9-10H2. The van der Waals surface area contributed by atoms with Crippen LogP contribution in [0.4, 0.5) is 11.4 Å². The third-order valence-corrected chi connectivity index (χ3v) is 4.75. The number of nitrogens with zero attached hydrogens (tertiary/aromatic N) is 3. The van der Waals surface area contributed by atoms with Gasteiger partial charge in [-0.25, -0.2) is 4.90 Å². The van der Waals surface area contributed by atoms with Gasteiger partial charge in [-0.05, 0) is 18.2 Å². The number of non-ortho nitro benzene ring substituents is 1. The molecule has 2 aromatic rings. The van der Waals surface area contributed by atoms with E-state index in [2.05, 4.69) is 5.16 Å². The van der Waals surface area contributed by atoms with Gasteiger partial charge >= 0.3 is 0 Å². The van der Waals surface area contributed by atoms with Gasteiger partial charge in [-0.15, -0.1) is 0 Å². The van der Waals surface area contributed by atoms with Crippen molar-refractivity contribution in [3.8, 4) is 0 Å². The van der Waals surface area contributed by atoms with E-state index >= 15 is 0 Å². The molecule has 1 atom stereocenters. The molecule has 136 valence electrons. The molecule has 2 aliphatic heterocycles. The highest BCUT2D eigenvalue weighted by Crippen LogP contribution is 2.39. The van der Waals surface area contributed by atoms with E-state index in [0.717, 1.165) is 4.90 Å². The lowest BCUT2D eigenvalue weighted by atomic mass is 9.92. The van der Waals surface area contributed by atoms with Gasteiger partial charge in [0.25, 0.3) is 11.6 Å². The van der Waals surface area contributed by atoms with Crippen LogP contribution in [0.5, 0.6) is 0 Å². The Morgan fingerprint density at radius 1 is 1.15 bits per heavy atom. The molecular formula is C18H12ClN3O5. The second kappa shape index (κ2) is 6.17. The largest absolute Gasteiger partial charge is 0.378 e. The smallest absolute Gasteiger partial charge is 0.281 e. The number of oxime groups is 1. The van der Waals surface area contributed by atoms with Crippen molar-refractivity contribution in [2.24, 2.45) is 5.16 Å². The molecule has 2 amide bonds. The van der Waals surface area contributed by atoms with E-state index in [1.54, 1.807) is 24.3 Å². The fourth-order valence-electron chi connectivity index (χ4n) is 3.23. The van der Waals surface area contributed by atoms with Gasteiger partial charge in [0.2, 0.25) is 11.5 Å². The van der Waals surface area contributed by atoms with Gasteiger partial charge < -0.3 is 4.84 Å². The first kappa shape index (κ1) is 17.2. The second-order valence-corrected chi connectivity index (χ2v) is 6.74. The number of hydrogen-bond acceptors (Lipinski definition) is 6. The monoisotopic (exact) mass is 385 g/mol. The van der Waals surface area contributed by atoms with Crippen LogP contribution in [-0.2, 0) is 14.4 Å². The van der Waals surface area contributed by atoms with Gasteiger partial charge in [0.1, 0.15) is 0 Å². The molecule has 8 nitrogen and oxygen atoms in total. The molecule has 1 spiro atoms. The molecule has 9 heteroatoms. The Labute approximate surface area is 158 Å². The number of carbonyl (C=O) groups is 2. The van der Waals surface area contributed by atoms with Gasteiger partial charge in [-0.2, -0.15) is 0 Å². The van der Waals surface area contributed by atoms with Gasteiger partial charge in [0.15, 0.2) is 0 Å². The maximum Gasteiger partial charge on any atom is 0.281 e. The normalized spacial score (nSPS) is 21.5. The van der Waals surface area contributed by atoms with E-state index in [9.17, 15) is 19.7 Å². The van der Waals surface area contributed by atoms with Crippen molar-refractivity contribution in [2.75, 3.05) is 4.90 Å². The molecule has 1 saturated heterocycles. The summed E-state index contributed by atoms with van der Waals surface area (Å²) in [5.74, 6) is -0.947. The average molecular weight is 386 g/mol. The molecule has 0 bridgehead atoms. The molecule has 1 unspecified atom stereocenters. The van der Waals surface area contributed by atoms with Crippen LogP contribution in [0, 0.1) is 10.1 Å². The van der Waals surface area contributed by atoms with Gasteiger partial charge in [-0.3, -0.25) is 19.7 Å². The number of nitro groups is 1. The average Bonchev–Trinajstić information content (AvgIpc) is 3.17. The van der Waals surface area contributed by atoms with Crippen LogP contribution >= 0.6 is 11.6 Å². The third kappa shape index (κ3) is 2.83. The van der Waals surface area contributed by atoms with Crippen molar-refractivity contribution in [1.29, 1.82) is 0 Å². The topological polar surface area (TPSA) is 102 Å². The van der Waals surface area contributed by atoms with Crippen LogP contribution in [0.15, 0.2) is 53.7 Å².